The fraction of sp³-hybridized carbons (Fsp3) is 0.929. The van der Waals surface area contributed by atoms with E-state index >= 15 is 0 Å². The summed E-state index contributed by atoms with van der Waals surface area (Å²) in [5.74, 6) is 0.275. The van der Waals surface area contributed by atoms with Crippen LogP contribution in [0.15, 0.2) is 0 Å². The fourth-order valence-electron chi connectivity index (χ4n) is 3.40. The molecule has 2 N–H and O–H groups in total. The zero-order valence-corrected chi connectivity index (χ0v) is 11.8. The maximum absolute atomic E-state index is 12.5. The molecule has 0 bridgehead atoms. The van der Waals surface area contributed by atoms with Crippen molar-refractivity contribution in [3.63, 3.8) is 0 Å². The van der Waals surface area contributed by atoms with E-state index in [1.54, 1.807) is 0 Å². The van der Waals surface area contributed by atoms with E-state index < -0.39 is 0 Å². The summed E-state index contributed by atoms with van der Waals surface area (Å²) in [5, 5.41) is 0. The van der Waals surface area contributed by atoms with Crippen molar-refractivity contribution in [1.29, 1.82) is 0 Å². The quantitative estimate of drug-likeness (QED) is 0.822. The van der Waals surface area contributed by atoms with Gasteiger partial charge >= 0.3 is 0 Å². The molecule has 4 heteroatoms. The summed E-state index contributed by atoms with van der Waals surface area (Å²) >= 11 is 0. The summed E-state index contributed by atoms with van der Waals surface area (Å²) in [6.07, 6.45) is 7.03. The van der Waals surface area contributed by atoms with Crippen LogP contribution >= 0.6 is 0 Å². The molecule has 2 atom stereocenters. The summed E-state index contributed by atoms with van der Waals surface area (Å²) in [6, 6.07) is 0.987. The normalized spacial score (nSPS) is 31.9. The minimum Gasteiger partial charge on any atom is -0.342 e. The van der Waals surface area contributed by atoms with Gasteiger partial charge in [0.2, 0.25) is 5.91 Å². The molecule has 0 radical (unpaired) electrons. The van der Waals surface area contributed by atoms with Crippen molar-refractivity contribution in [1.82, 2.24) is 9.80 Å². The summed E-state index contributed by atoms with van der Waals surface area (Å²) in [6.45, 7) is 3.80. The molecule has 104 valence electrons. The first kappa shape index (κ1) is 13.8. The van der Waals surface area contributed by atoms with E-state index in [9.17, 15) is 4.79 Å². The summed E-state index contributed by atoms with van der Waals surface area (Å²) < 4.78 is 0. The molecule has 1 aliphatic carbocycles. The third-order valence-corrected chi connectivity index (χ3v) is 4.73. The second-order valence-electron chi connectivity index (χ2n) is 5.86. The maximum Gasteiger partial charge on any atom is 0.239 e. The van der Waals surface area contributed by atoms with Gasteiger partial charge in [-0.15, -0.1) is 0 Å². The predicted molar refractivity (Wildman–Crippen MR) is 73.3 cm³/mol. The van der Waals surface area contributed by atoms with E-state index in [1.165, 1.54) is 25.7 Å². The van der Waals surface area contributed by atoms with Crippen molar-refractivity contribution in [3.05, 3.63) is 0 Å². The molecule has 1 heterocycles. The summed E-state index contributed by atoms with van der Waals surface area (Å²) in [7, 11) is 1.94. The zero-order chi connectivity index (χ0) is 13.1. The van der Waals surface area contributed by atoms with Crippen molar-refractivity contribution in [2.45, 2.75) is 63.6 Å². The monoisotopic (exact) mass is 253 g/mol. The molecule has 2 fully saturated rings. The number of hydrogen-bond acceptors (Lipinski definition) is 3. The highest BCUT2D eigenvalue weighted by molar-refractivity contribution is 5.82. The molecule has 2 rings (SSSR count). The third kappa shape index (κ3) is 2.69. The lowest BCUT2D eigenvalue weighted by Gasteiger charge is -2.34. The molecule has 2 unspecified atom stereocenters. The van der Waals surface area contributed by atoms with Crippen molar-refractivity contribution in [2.24, 2.45) is 5.73 Å². The molecule has 1 amide bonds. The molecule has 0 spiro atoms. The molecular formula is C14H27N3O. The van der Waals surface area contributed by atoms with Gasteiger partial charge in [0.15, 0.2) is 0 Å². The second-order valence-corrected chi connectivity index (χ2v) is 5.86. The number of nitrogens with zero attached hydrogens (tertiary/aromatic N) is 2. The SMILES string of the molecule is CC1CCN(C2CCCC2)C(CCN)C(=O)N1C. The Labute approximate surface area is 110 Å². The van der Waals surface area contributed by atoms with Crippen LogP contribution in [0.1, 0.15) is 45.4 Å². The number of rotatable bonds is 3. The predicted octanol–water partition coefficient (Wildman–Crippen LogP) is 1.20. The number of nitrogens with two attached hydrogens (primary N) is 1. The highest BCUT2D eigenvalue weighted by Crippen LogP contribution is 2.28. The van der Waals surface area contributed by atoms with E-state index in [0.29, 0.717) is 18.6 Å². The van der Waals surface area contributed by atoms with Gasteiger partial charge in [-0.25, -0.2) is 0 Å². The van der Waals surface area contributed by atoms with Crippen molar-refractivity contribution in [3.8, 4) is 0 Å². The Bertz CT molecular complexity index is 289. The lowest BCUT2D eigenvalue weighted by molar-refractivity contribution is -0.136. The number of carbonyl (C=O) groups is 1. The van der Waals surface area contributed by atoms with Gasteiger partial charge in [-0.2, -0.15) is 0 Å². The Morgan fingerprint density at radius 3 is 2.56 bits per heavy atom. The Morgan fingerprint density at radius 1 is 1.28 bits per heavy atom. The van der Waals surface area contributed by atoms with E-state index in [-0.39, 0.29) is 11.9 Å². The van der Waals surface area contributed by atoms with Gasteiger partial charge in [0, 0.05) is 25.7 Å². The molecule has 4 nitrogen and oxygen atoms in total. The van der Waals surface area contributed by atoms with E-state index in [4.69, 9.17) is 5.73 Å². The van der Waals surface area contributed by atoms with Gasteiger partial charge in [0.1, 0.15) is 0 Å². The average Bonchev–Trinajstić information content (AvgIpc) is 2.86. The number of hydrogen-bond donors (Lipinski definition) is 1. The molecule has 0 aromatic rings. The van der Waals surface area contributed by atoms with Crippen LogP contribution in [0.3, 0.4) is 0 Å². The first-order valence-corrected chi connectivity index (χ1v) is 7.37. The number of likely N-dealkylation sites (N-methyl/N-ethyl adjacent to an activating group) is 1. The molecule has 1 saturated carbocycles. The van der Waals surface area contributed by atoms with Gasteiger partial charge in [-0.3, -0.25) is 9.69 Å². The van der Waals surface area contributed by atoms with Crippen molar-refractivity contribution in [2.75, 3.05) is 20.1 Å². The fourth-order valence-corrected chi connectivity index (χ4v) is 3.40. The maximum atomic E-state index is 12.5. The van der Waals surface area contributed by atoms with E-state index in [1.807, 2.05) is 11.9 Å². The lowest BCUT2D eigenvalue weighted by Crippen LogP contribution is -2.50. The Morgan fingerprint density at radius 2 is 1.94 bits per heavy atom. The summed E-state index contributed by atoms with van der Waals surface area (Å²) in [4.78, 5) is 16.9. The average molecular weight is 253 g/mol. The van der Waals surface area contributed by atoms with Gasteiger partial charge in [-0.1, -0.05) is 12.8 Å². The minimum absolute atomic E-state index is 0.0213. The summed E-state index contributed by atoms with van der Waals surface area (Å²) in [5.41, 5.74) is 5.72. The lowest BCUT2D eigenvalue weighted by atomic mass is 10.1. The van der Waals surface area contributed by atoms with Gasteiger partial charge in [-0.05, 0) is 39.2 Å². The topological polar surface area (TPSA) is 49.6 Å². The first-order chi connectivity index (χ1) is 8.65. The van der Waals surface area contributed by atoms with Crippen LogP contribution in [0, 0.1) is 0 Å². The van der Waals surface area contributed by atoms with Crippen molar-refractivity contribution < 1.29 is 4.79 Å². The number of amides is 1. The first-order valence-electron chi connectivity index (χ1n) is 7.37. The molecule has 2 aliphatic rings. The van der Waals surface area contributed by atoms with Gasteiger partial charge in [0.25, 0.3) is 0 Å². The van der Waals surface area contributed by atoms with E-state index in [2.05, 4.69) is 11.8 Å². The van der Waals surface area contributed by atoms with Crippen LogP contribution in [0.5, 0.6) is 0 Å². The Balaban J connectivity index is 2.16. The molecular weight excluding hydrogens is 226 g/mol. The highest BCUT2D eigenvalue weighted by Gasteiger charge is 2.37. The van der Waals surface area contributed by atoms with Gasteiger partial charge < -0.3 is 10.6 Å². The van der Waals surface area contributed by atoms with Crippen LogP contribution in [0.4, 0.5) is 0 Å². The molecule has 18 heavy (non-hydrogen) atoms. The molecule has 1 saturated heterocycles. The van der Waals surface area contributed by atoms with Crippen molar-refractivity contribution >= 4 is 5.91 Å². The highest BCUT2D eigenvalue weighted by atomic mass is 16.2. The minimum atomic E-state index is 0.0213. The van der Waals surface area contributed by atoms with Crippen LogP contribution in [0.2, 0.25) is 0 Å². The largest absolute Gasteiger partial charge is 0.342 e. The Kier molecular flexibility index (Phi) is 4.62. The molecule has 0 aromatic carbocycles. The third-order valence-electron chi connectivity index (χ3n) is 4.73. The molecule has 0 aromatic heterocycles. The Hall–Kier alpha value is -0.610. The van der Waals surface area contributed by atoms with Crippen LogP contribution in [-0.4, -0.2) is 54.0 Å². The van der Waals surface area contributed by atoms with Crippen LogP contribution in [0.25, 0.3) is 0 Å². The standard InChI is InChI=1S/C14H27N3O/c1-11-8-10-17(12-5-3-4-6-12)13(7-9-15)14(18)16(11)2/h11-13H,3-10,15H2,1-2H3. The number of carbonyl (C=O) groups excluding carboxylic acids is 1. The van der Waals surface area contributed by atoms with Crippen LogP contribution < -0.4 is 5.73 Å². The molecule has 1 aliphatic heterocycles. The van der Waals surface area contributed by atoms with E-state index in [0.717, 1.165) is 19.4 Å². The smallest absolute Gasteiger partial charge is 0.239 e. The second kappa shape index (κ2) is 6.02. The van der Waals surface area contributed by atoms with Gasteiger partial charge in [0.05, 0.1) is 6.04 Å². The zero-order valence-electron chi connectivity index (χ0n) is 11.8. The van der Waals surface area contributed by atoms with Crippen LogP contribution in [-0.2, 0) is 4.79 Å².